The third-order valence-electron chi connectivity index (χ3n) is 1.62. The van der Waals surface area contributed by atoms with Gasteiger partial charge in [-0.05, 0) is 19.0 Å². The molecule has 0 spiro atoms. The summed E-state index contributed by atoms with van der Waals surface area (Å²) in [5.41, 5.74) is 0. The lowest BCUT2D eigenvalue weighted by Crippen LogP contribution is -2.05. The van der Waals surface area contributed by atoms with Gasteiger partial charge in [0.25, 0.3) is 0 Å². The van der Waals surface area contributed by atoms with Gasteiger partial charge < -0.3 is 5.32 Å². The van der Waals surface area contributed by atoms with Crippen LogP contribution in [0.15, 0.2) is 12.3 Å². The summed E-state index contributed by atoms with van der Waals surface area (Å²) in [6, 6.07) is 0. The Bertz CT molecular complexity index is 86.9. The van der Waals surface area contributed by atoms with Crippen molar-refractivity contribution in [3.05, 3.63) is 12.3 Å². The molecule has 0 aromatic rings. The number of nitrogens with one attached hydrogen (secondary N) is 1. The van der Waals surface area contributed by atoms with Gasteiger partial charge in [-0.3, -0.25) is 0 Å². The minimum absolute atomic E-state index is 1.13. The van der Waals surface area contributed by atoms with Crippen LogP contribution in [0.4, 0.5) is 0 Å². The van der Waals surface area contributed by atoms with Crippen LogP contribution in [0.25, 0.3) is 0 Å². The molecule has 11 heavy (non-hydrogen) atoms. The maximum atomic E-state index is 3.27. The third kappa shape index (κ3) is 9.54. The van der Waals surface area contributed by atoms with Crippen molar-refractivity contribution in [2.24, 2.45) is 0 Å². The van der Waals surface area contributed by atoms with Crippen molar-refractivity contribution in [1.29, 1.82) is 0 Å². The molecule has 0 atom stereocenters. The van der Waals surface area contributed by atoms with Crippen LogP contribution >= 0.6 is 0 Å². The Kier molecular flexibility index (Phi) is 9.14. The van der Waals surface area contributed by atoms with E-state index in [4.69, 9.17) is 0 Å². The monoisotopic (exact) mass is 155 g/mol. The zero-order valence-corrected chi connectivity index (χ0v) is 7.90. The summed E-state index contributed by atoms with van der Waals surface area (Å²) in [7, 11) is 0. The molecule has 1 N–H and O–H groups in total. The summed E-state index contributed by atoms with van der Waals surface area (Å²) in [5, 5.41) is 3.27. The highest BCUT2D eigenvalue weighted by Gasteiger charge is 1.81. The Morgan fingerprint density at radius 1 is 1.09 bits per heavy atom. The first-order chi connectivity index (χ1) is 5.41. The van der Waals surface area contributed by atoms with Crippen molar-refractivity contribution in [1.82, 2.24) is 5.32 Å². The largest absolute Gasteiger partial charge is 0.391 e. The summed E-state index contributed by atoms with van der Waals surface area (Å²) in [6.45, 7) is 5.56. The smallest absolute Gasteiger partial charge is 0.0141 e. The van der Waals surface area contributed by atoms with Gasteiger partial charge in [0.15, 0.2) is 0 Å². The van der Waals surface area contributed by atoms with E-state index in [9.17, 15) is 0 Å². The molecule has 0 heterocycles. The van der Waals surface area contributed by atoms with E-state index in [0.29, 0.717) is 0 Å². The Labute approximate surface area is 70.9 Å². The molecule has 0 aliphatic carbocycles. The zero-order valence-electron chi connectivity index (χ0n) is 7.90. The molecule has 0 aromatic carbocycles. The molecular formula is C10H21N. The van der Waals surface area contributed by atoms with Gasteiger partial charge >= 0.3 is 0 Å². The SMILES string of the molecule is CCC/C=C/NCCCCC. The van der Waals surface area contributed by atoms with E-state index in [0.717, 1.165) is 6.54 Å². The van der Waals surface area contributed by atoms with Gasteiger partial charge in [0.2, 0.25) is 0 Å². The van der Waals surface area contributed by atoms with Crippen LogP contribution in [0.5, 0.6) is 0 Å². The molecule has 1 nitrogen and oxygen atoms in total. The Hall–Kier alpha value is -0.460. The highest BCUT2D eigenvalue weighted by atomic mass is 14.8. The van der Waals surface area contributed by atoms with Gasteiger partial charge in [-0.2, -0.15) is 0 Å². The first kappa shape index (κ1) is 10.5. The first-order valence-electron chi connectivity index (χ1n) is 4.80. The van der Waals surface area contributed by atoms with Crippen LogP contribution in [0.2, 0.25) is 0 Å². The molecule has 0 aromatic heterocycles. The Balaban J connectivity index is 2.89. The molecule has 0 bridgehead atoms. The highest BCUT2D eigenvalue weighted by Crippen LogP contribution is 1.91. The first-order valence-corrected chi connectivity index (χ1v) is 4.80. The average Bonchev–Trinajstić information content (AvgIpc) is 2.03. The number of hydrogen-bond donors (Lipinski definition) is 1. The lowest BCUT2D eigenvalue weighted by atomic mass is 10.2. The molecule has 0 aliphatic rings. The summed E-state index contributed by atoms with van der Waals surface area (Å²) in [4.78, 5) is 0. The maximum absolute atomic E-state index is 3.27. The molecular weight excluding hydrogens is 134 g/mol. The van der Waals surface area contributed by atoms with Crippen molar-refractivity contribution >= 4 is 0 Å². The molecule has 66 valence electrons. The summed E-state index contributed by atoms with van der Waals surface area (Å²) < 4.78 is 0. The van der Waals surface area contributed by atoms with Gasteiger partial charge in [-0.1, -0.05) is 39.2 Å². The second-order valence-electron chi connectivity index (χ2n) is 2.85. The average molecular weight is 155 g/mol. The second kappa shape index (κ2) is 9.54. The topological polar surface area (TPSA) is 12.0 Å². The standard InChI is InChI=1S/C10H21N/c1-3-5-7-9-11-10-8-6-4-2/h7,9,11H,3-6,8,10H2,1-2H3/b9-7+. The molecule has 0 fully saturated rings. The Morgan fingerprint density at radius 3 is 2.55 bits per heavy atom. The van der Waals surface area contributed by atoms with Gasteiger partial charge in [-0.25, -0.2) is 0 Å². The quantitative estimate of drug-likeness (QED) is 0.557. The number of rotatable bonds is 7. The van der Waals surface area contributed by atoms with E-state index >= 15 is 0 Å². The van der Waals surface area contributed by atoms with Gasteiger partial charge in [-0.15, -0.1) is 0 Å². The fourth-order valence-corrected chi connectivity index (χ4v) is 0.894. The van der Waals surface area contributed by atoms with E-state index in [2.05, 4.69) is 31.4 Å². The van der Waals surface area contributed by atoms with Gasteiger partial charge in [0, 0.05) is 6.54 Å². The van der Waals surface area contributed by atoms with E-state index in [1.807, 2.05) is 0 Å². The number of unbranched alkanes of at least 4 members (excludes halogenated alkanes) is 3. The summed E-state index contributed by atoms with van der Waals surface area (Å²) in [6.07, 6.45) is 10.7. The lowest BCUT2D eigenvalue weighted by molar-refractivity contribution is 0.682. The van der Waals surface area contributed by atoms with Crippen LogP contribution in [0, 0.1) is 0 Å². The molecule has 0 unspecified atom stereocenters. The molecule has 0 rings (SSSR count). The van der Waals surface area contributed by atoms with Crippen molar-refractivity contribution in [2.75, 3.05) is 6.54 Å². The second-order valence-corrected chi connectivity index (χ2v) is 2.85. The summed E-state index contributed by atoms with van der Waals surface area (Å²) >= 11 is 0. The zero-order chi connectivity index (χ0) is 8.36. The normalized spacial score (nSPS) is 10.7. The number of allylic oxidation sites excluding steroid dienone is 1. The van der Waals surface area contributed by atoms with Crippen molar-refractivity contribution < 1.29 is 0 Å². The van der Waals surface area contributed by atoms with Crippen LogP contribution < -0.4 is 5.32 Å². The van der Waals surface area contributed by atoms with Crippen LogP contribution in [0.1, 0.15) is 46.0 Å². The third-order valence-corrected chi connectivity index (χ3v) is 1.62. The molecule has 0 aliphatic heterocycles. The van der Waals surface area contributed by atoms with Gasteiger partial charge in [0.1, 0.15) is 0 Å². The van der Waals surface area contributed by atoms with Gasteiger partial charge in [0.05, 0.1) is 0 Å². The maximum Gasteiger partial charge on any atom is 0.0141 e. The molecule has 0 saturated carbocycles. The lowest BCUT2D eigenvalue weighted by Gasteiger charge is -1.97. The minimum atomic E-state index is 1.13. The van der Waals surface area contributed by atoms with E-state index in [-0.39, 0.29) is 0 Å². The fourth-order valence-electron chi connectivity index (χ4n) is 0.894. The highest BCUT2D eigenvalue weighted by molar-refractivity contribution is 4.78. The van der Waals surface area contributed by atoms with E-state index < -0.39 is 0 Å². The van der Waals surface area contributed by atoms with Crippen LogP contribution in [0.3, 0.4) is 0 Å². The van der Waals surface area contributed by atoms with Crippen LogP contribution in [-0.2, 0) is 0 Å². The molecule has 1 heteroatoms. The van der Waals surface area contributed by atoms with E-state index in [1.54, 1.807) is 0 Å². The van der Waals surface area contributed by atoms with Crippen LogP contribution in [-0.4, -0.2) is 6.54 Å². The van der Waals surface area contributed by atoms with Crippen molar-refractivity contribution in [3.8, 4) is 0 Å². The molecule has 0 radical (unpaired) electrons. The van der Waals surface area contributed by atoms with E-state index in [1.165, 1.54) is 32.1 Å². The summed E-state index contributed by atoms with van der Waals surface area (Å²) in [5.74, 6) is 0. The Morgan fingerprint density at radius 2 is 1.91 bits per heavy atom. The van der Waals surface area contributed by atoms with Crippen molar-refractivity contribution in [2.45, 2.75) is 46.0 Å². The minimum Gasteiger partial charge on any atom is -0.391 e. The fraction of sp³-hybridized carbons (Fsp3) is 0.800. The van der Waals surface area contributed by atoms with Crippen molar-refractivity contribution in [3.63, 3.8) is 0 Å². The molecule has 0 amide bonds. The number of hydrogen-bond acceptors (Lipinski definition) is 1. The molecule has 0 saturated heterocycles. The predicted octanol–water partition coefficient (Wildman–Crippen LogP) is 3.08. The predicted molar refractivity (Wildman–Crippen MR) is 51.6 cm³/mol.